The van der Waals surface area contributed by atoms with Crippen molar-refractivity contribution in [3.63, 3.8) is 0 Å². The van der Waals surface area contributed by atoms with E-state index in [4.69, 9.17) is 27.9 Å². The quantitative estimate of drug-likeness (QED) is 0.436. The number of benzene rings is 3. The first-order chi connectivity index (χ1) is 15.3. The number of para-hydroxylation sites is 2. The number of rotatable bonds is 9. The van der Waals surface area contributed by atoms with Gasteiger partial charge in [0.1, 0.15) is 12.4 Å². The van der Waals surface area contributed by atoms with Gasteiger partial charge in [-0.25, -0.2) is 8.42 Å². The van der Waals surface area contributed by atoms with Crippen LogP contribution in [0.3, 0.4) is 0 Å². The highest BCUT2D eigenvalue weighted by Gasteiger charge is 2.23. The standard InChI is InChI=1S/C23H22Cl2N2O4S/c1-32(29,30)27(22-20(24)8-5-9-21(22)25)16-17-10-12-18(13-11-17)23(28)26-14-15-31-19-6-3-2-4-7-19/h2-13H,14-16H2,1H3,(H,26,28). The van der Waals surface area contributed by atoms with E-state index in [2.05, 4.69) is 5.32 Å². The molecular formula is C23H22Cl2N2O4S. The fourth-order valence-corrected chi connectivity index (χ4v) is 4.58. The summed E-state index contributed by atoms with van der Waals surface area (Å²) >= 11 is 12.4. The minimum Gasteiger partial charge on any atom is -0.492 e. The van der Waals surface area contributed by atoms with Gasteiger partial charge in [-0.15, -0.1) is 0 Å². The van der Waals surface area contributed by atoms with Crippen LogP contribution in [0, 0.1) is 0 Å². The molecule has 0 radical (unpaired) electrons. The number of sulfonamides is 1. The summed E-state index contributed by atoms with van der Waals surface area (Å²) in [6, 6.07) is 20.8. The average Bonchev–Trinajstić information content (AvgIpc) is 2.76. The van der Waals surface area contributed by atoms with Crippen molar-refractivity contribution >= 4 is 44.8 Å². The smallest absolute Gasteiger partial charge is 0.251 e. The number of ether oxygens (including phenoxy) is 1. The van der Waals surface area contributed by atoms with Gasteiger partial charge in [-0.3, -0.25) is 9.10 Å². The number of halogens is 2. The van der Waals surface area contributed by atoms with E-state index in [0.29, 0.717) is 24.3 Å². The molecule has 0 aliphatic carbocycles. The minimum absolute atomic E-state index is 0.0229. The van der Waals surface area contributed by atoms with Crippen molar-refractivity contribution in [2.75, 3.05) is 23.7 Å². The van der Waals surface area contributed by atoms with Crippen molar-refractivity contribution in [1.82, 2.24) is 5.32 Å². The first kappa shape index (κ1) is 23.9. The molecule has 3 aromatic carbocycles. The van der Waals surface area contributed by atoms with Crippen molar-refractivity contribution in [3.8, 4) is 5.75 Å². The largest absolute Gasteiger partial charge is 0.492 e. The molecule has 1 N–H and O–H groups in total. The second kappa shape index (κ2) is 10.7. The Hall–Kier alpha value is -2.74. The molecular weight excluding hydrogens is 471 g/mol. The Morgan fingerprint density at radius 2 is 1.56 bits per heavy atom. The predicted molar refractivity (Wildman–Crippen MR) is 128 cm³/mol. The lowest BCUT2D eigenvalue weighted by atomic mass is 10.1. The molecule has 0 saturated carbocycles. The summed E-state index contributed by atoms with van der Waals surface area (Å²) in [5.41, 5.74) is 1.35. The van der Waals surface area contributed by atoms with Crippen LogP contribution in [0.1, 0.15) is 15.9 Å². The Morgan fingerprint density at radius 1 is 0.938 bits per heavy atom. The molecule has 6 nitrogen and oxygen atoms in total. The number of nitrogens with one attached hydrogen (secondary N) is 1. The number of carbonyl (C=O) groups excluding carboxylic acids is 1. The highest BCUT2D eigenvalue weighted by Crippen LogP contribution is 2.35. The maximum atomic E-state index is 12.4. The maximum Gasteiger partial charge on any atom is 0.251 e. The second-order valence-corrected chi connectivity index (χ2v) is 9.68. The van der Waals surface area contributed by atoms with Crippen LogP contribution in [0.4, 0.5) is 5.69 Å². The van der Waals surface area contributed by atoms with Gasteiger partial charge in [0.05, 0.1) is 35.1 Å². The molecule has 168 valence electrons. The van der Waals surface area contributed by atoms with Crippen molar-refractivity contribution in [3.05, 3.63) is 94.0 Å². The molecule has 0 atom stereocenters. The third-order valence-electron chi connectivity index (χ3n) is 4.53. The van der Waals surface area contributed by atoms with Gasteiger partial charge in [0.25, 0.3) is 5.91 Å². The first-order valence-corrected chi connectivity index (χ1v) is 12.3. The van der Waals surface area contributed by atoms with E-state index < -0.39 is 10.0 Å². The lowest BCUT2D eigenvalue weighted by molar-refractivity contribution is 0.0947. The summed E-state index contributed by atoms with van der Waals surface area (Å²) in [6.07, 6.45) is 1.09. The summed E-state index contributed by atoms with van der Waals surface area (Å²) in [5.74, 6) is 0.488. The molecule has 0 heterocycles. The van der Waals surface area contributed by atoms with E-state index >= 15 is 0 Å². The molecule has 0 spiro atoms. The lowest BCUT2D eigenvalue weighted by Crippen LogP contribution is -2.30. The molecule has 0 aliphatic rings. The molecule has 0 saturated heterocycles. The van der Waals surface area contributed by atoms with Crippen LogP contribution in [-0.4, -0.2) is 33.7 Å². The summed E-state index contributed by atoms with van der Waals surface area (Å²) in [6.45, 7) is 0.715. The summed E-state index contributed by atoms with van der Waals surface area (Å²) in [5, 5.41) is 3.26. The van der Waals surface area contributed by atoms with E-state index in [-0.39, 0.29) is 28.2 Å². The van der Waals surface area contributed by atoms with Crippen LogP contribution in [0.25, 0.3) is 0 Å². The van der Waals surface area contributed by atoms with Gasteiger partial charge in [0, 0.05) is 5.56 Å². The predicted octanol–water partition coefficient (Wildman–Crippen LogP) is 4.77. The zero-order valence-corrected chi connectivity index (χ0v) is 19.6. The Bertz CT molecular complexity index is 1150. The zero-order chi connectivity index (χ0) is 23.1. The van der Waals surface area contributed by atoms with Crippen molar-refractivity contribution < 1.29 is 17.9 Å². The molecule has 0 aromatic heterocycles. The summed E-state index contributed by atoms with van der Waals surface area (Å²) in [4.78, 5) is 12.4. The monoisotopic (exact) mass is 492 g/mol. The molecule has 32 heavy (non-hydrogen) atoms. The van der Waals surface area contributed by atoms with Gasteiger partial charge < -0.3 is 10.1 Å². The van der Waals surface area contributed by atoms with E-state index in [1.54, 1.807) is 42.5 Å². The number of nitrogens with zero attached hydrogens (tertiary/aromatic N) is 1. The lowest BCUT2D eigenvalue weighted by Gasteiger charge is -2.24. The van der Waals surface area contributed by atoms with Crippen molar-refractivity contribution in [1.29, 1.82) is 0 Å². The molecule has 0 fully saturated rings. The molecule has 0 bridgehead atoms. The number of hydrogen-bond donors (Lipinski definition) is 1. The van der Waals surface area contributed by atoms with Crippen LogP contribution < -0.4 is 14.4 Å². The van der Waals surface area contributed by atoms with E-state index in [1.165, 1.54) is 0 Å². The van der Waals surface area contributed by atoms with E-state index in [9.17, 15) is 13.2 Å². The number of anilines is 1. The third-order valence-corrected chi connectivity index (χ3v) is 6.25. The Balaban J connectivity index is 1.63. The number of hydrogen-bond acceptors (Lipinski definition) is 4. The van der Waals surface area contributed by atoms with Crippen LogP contribution in [-0.2, 0) is 16.6 Å². The fourth-order valence-electron chi connectivity index (χ4n) is 2.97. The van der Waals surface area contributed by atoms with Crippen LogP contribution in [0.5, 0.6) is 5.75 Å². The molecule has 1 amide bonds. The summed E-state index contributed by atoms with van der Waals surface area (Å²) < 4.78 is 31.5. The average molecular weight is 493 g/mol. The number of amides is 1. The fraction of sp³-hybridized carbons (Fsp3) is 0.174. The van der Waals surface area contributed by atoms with Crippen molar-refractivity contribution in [2.24, 2.45) is 0 Å². The Labute approximate surface area is 197 Å². The zero-order valence-electron chi connectivity index (χ0n) is 17.3. The molecule has 3 aromatic rings. The topological polar surface area (TPSA) is 75.7 Å². The molecule has 3 rings (SSSR count). The van der Waals surface area contributed by atoms with Gasteiger partial charge in [-0.1, -0.05) is 59.6 Å². The normalized spacial score (nSPS) is 11.1. The molecule has 0 unspecified atom stereocenters. The minimum atomic E-state index is -3.65. The third kappa shape index (κ3) is 6.38. The number of carbonyl (C=O) groups is 1. The Kier molecular flexibility index (Phi) is 8.01. The van der Waals surface area contributed by atoms with Gasteiger partial charge in [-0.05, 0) is 42.0 Å². The first-order valence-electron chi connectivity index (χ1n) is 9.72. The van der Waals surface area contributed by atoms with Crippen LogP contribution in [0.15, 0.2) is 72.8 Å². The van der Waals surface area contributed by atoms with E-state index in [1.807, 2.05) is 30.3 Å². The van der Waals surface area contributed by atoms with Crippen molar-refractivity contribution in [2.45, 2.75) is 6.54 Å². The maximum absolute atomic E-state index is 12.4. The van der Waals surface area contributed by atoms with Crippen LogP contribution in [0.2, 0.25) is 10.0 Å². The highest BCUT2D eigenvalue weighted by atomic mass is 35.5. The SMILES string of the molecule is CS(=O)(=O)N(Cc1ccc(C(=O)NCCOc2ccccc2)cc1)c1c(Cl)cccc1Cl. The van der Waals surface area contributed by atoms with Gasteiger partial charge in [-0.2, -0.15) is 0 Å². The summed E-state index contributed by atoms with van der Waals surface area (Å²) in [7, 11) is -3.65. The van der Waals surface area contributed by atoms with Gasteiger partial charge >= 0.3 is 0 Å². The van der Waals surface area contributed by atoms with Gasteiger partial charge in [0.2, 0.25) is 10.0 Å². The Morgan fingerprint density at radius 3 is 2.16 bits per heavy atom. The van der Waals surface area contributed by atoms with Gasteiger partial charge in [0.15, 0.2) is 0 Å². The van der Waals surface area contributed by atoms with Crippen LogP contribution >= 0.6 is 23.2 Å². The molecule has 9 heteroatoms. The highest BCUT2D eigenvalue weighted by molar-refractivity contribution is 7.92. The van der Waals surface area contributed by atoms with E-state index in [0.717, 1.165) is 16.3 Å². The second-order valence-electron chi connectivity index (χ2n) is 6.95. The molecule has 0 aliphatic heterocycles.